The number of hydrazine groups is 1. The SMILES string of the molecule is C=C(NNC(=O)CN1CCN(Cc2ccccc2)CC1)c1cccnc1. The van der Waals surface area contributed by atoms with E-state index in [1.807, 2.05) is 18.2 Å². The summed E-state index contributed by atoms with van der Waals surface area (Å²) >= 11 is 0. The Bertz CT molecular complexity index is 711. The number of rotatable bonds is 7. The van der Waals surface area contributed by atoms with Crippen molar-refractivity contribution in [3.05, 3.63) is 72.6 Å². The van der Waals surface area contributed by atoms with Gasteiger partial charge in [-0.05, 0) is 17.7 Å². The van der Waals surface area contributed by atoms with Crippen molar-refractivity contribution in [2.45, 2.75) is 6.54 Å². The number of hydrogen-bond donors (Lipinski definition) is 2. The molecule has 1 amide bonds. The monoisotopic (exact) mass is 351 g/mol. The van der Waals surface area contributed by atoms with Crippen LogP contribution in [-0.4, -0.2) is 53.4 Å². The van der Waals surface area contributed by atoms with Crippen molar-refractivity contribution < 1.29 is 4.79 Å². The Morgan fingerprint density at radius 3 is 2.42 bits per heavy atom. The van der Waals surface area contributed by atoms with Gasteiger partial charge >= 0.3 is 0 Å². The van der Waals surface area contributed by atoms with Crippen molar-refractivity contribution >= 4 is 11.6 Å². The van der Waals surface area contributed by atoms with Gasteiger partial charge in [0.25, 0.3) is 5.91 Å². The molecule has 1 fully saturated rings. The van der Waals surface area contributed by atoms with Crippen LogP contribution in [0.15, 0.2) is 61.4 Å². The average Bonchev–Trinajstić information content (AvgIpc) is 2.69. The highest BCUT2D eigenvalue weighted by Crippen LogP contribution is 2.08. The largest absolute Gasteiger partial charge is 0.299 e. The van der Waals surface area contributed by atoms with Gasteiger partial charge in [-0.3, -0.25) is 30.4 Å². The van der Waals surface area contributed by atoms with Crippen molar-refractivity contribution in [1.82, 2.24) is 25.6 Å². The predicted octanol–water partition coefficient (Wildman–Crippen LogP) is 1.49. The smallest absolute Gasteiger partial charge is 0.252 e. The van der Waals surface area contributed by atoms with Crippen LogP contribution in [0.4, 0.5) is 0 Å². The predicted molar refractivity (Wildman–Crippen MR) is 103 cm³/mol. The van der Waals surface area contributed by atoms with Crippen LogP contribution in [0.3, 0.4) is 0 Å². The summed E-state index contributed by atoms with van der Waals surface area (Å²) in [5.74, 6) is -0.0634. The number of pyridine rings is 1. The maximum absolute atomic E-state index is 12.1. The summed E-state index contributed by atoms with van der Waals surface area (Å²) in [4.78, 5) is 20.8. The van der Waals surface area contributed by atoms with E-state index in [-0.39, 0.29) is 5.91 Å². The van der Waals surface area contributed by atoms with Crippen LogP contribution in [0, 0.1) is 0 Å². The van der Waals surface area contributed by atoms with Gasteiger partial charge in [0.2, 0.25) is 0 Å². The van der Waals surface area contributed by atoms with E-state index in [1.54, 1.807) is 12.4 Å². The number of nitrogens with zero attached hydrogens (tertiary/aromatic N) is 3. The molecule has 0 radical (unpaired) electrons. The lowest BCUT2D eigenvalue weighted by Crippen LogP contribution is -2.50. The molecule has 0 aliphatic carbocycles. The Balaban J connectivity index is 1.36. The zero-order valence-electron chi connectivity index (χ0n) is 14.9. The molecule has 1 aromatic heterocycles. The van der Waals surface area contributed by atoms with Crippen molar-refractivity contribution in [1.29, 1.82) is 0 Å². The molecule has 0 unspecified atom stereocenters. The first-order valence-corrected chi connectivity index (χ1v) is 8.83. The fraction of sp³-hybridized carbons (Fsp3) is 0.300. The topological polar surface area (TPSA) is 60.5 Å². The van der Waals surface area contributed by atoms with Gasteiger partial charge < -0.3 is 0 Å². The molecule has 1 aromatic carbocycles. The molecule has 1 aliphatic heterocycles. The number of carbonyl (C=O) groups is 1. The summed E-state index contributed by atoms with van der Waals surface area (Å²) in [7, 11) is 0. The molecule has 2 aromatic rings. The van der Waals surface area contributed by atoms with Gasteiger partial charge in [0.15, 0.2) is 0 Å². The molecular weight excluding hydrogens is 326 g/mol. The third-order valence-electron chi connectivity index (χ3n) is 4.44. The normalized spacial score (nSPS) is 15.4. The van der Waals surface area contributed by atoms with Crippen molar-refractivity contribution in [2.24, 2.45) is 0 Å². The summed E-state index contributed by atoms with van der Waals surface area (Å²) in [5.41, 5.74) is 8.37. The summed E-state index contributed by atoms with van der Waals surface area (Å²) in [5, 5.41) is 0. The van der Waals surface area contributed by atoms with Crippen LogP contribution in [0.1, 0.15) is 11.1 Å². The Morgan fingerprint density at radius 1 is 1.00 bits per heavy atom. The molecule has 136 valence electrons. The van der Waals surface area contributed by atoms with Gasteiger partial charge in [-0.1, -0.05) is 36.9 Å². The second-order valence-corrected chi connectivity index (χ2v) is 6.43. The number of aromatic nitrogens is 1. The highest BCUT2D eigenvalue weighted by Gasteiger charge is 2.19. The minimum Gasteiger partial charge on any atom is -0.299 e. The molecule has 2 N–H and O–H groups in total. The van der Waals surface area contributed by atoms with E-state index >= 15 is 0 Å². The molecule has 6 nitrogen and oxygen atoms in total. The number of hydrogen-bond acceptors (Lipinski definition) is 5. The molecule has 26 heavy (non-hydrogen) atoms. The summed E-state index contributed by atoms with van der Waals surface area (Å²) in [6.07, 6.45) is 3.40. The van der Waals surface area contributed by atoms with E-state index in [9.17, 15) is 4.79 Å². The fourth-order valence-corrected chi connectivity index (χ4v) is 2.95. The van der Waals surface area contributed by atoms with E-state index in [0.717, 1.165) is 38.3 Å². The Hall–Kier alpha value is -2.70. The number of piperazine rings is 1. The average molecular weight is 351 g/mol. The van der Waals surface area contributed by atoms with E-state index in [1.165, 1.54) is 5.56 Å². The van der Waals surface area contributed by atoms with Gasteiger partial charge in [0, 0.05) is 50.7 Å². The Morgan fingerprint density at radius 2 is 1.73 bits per heavy atom. The molecular formula is C20H25N5O. The molecule has 6 heteroatoms. The molecule has 1 saturated heterocycles. The molecule has 0 spiro atoms. The minimum absolute atomic E-state index is 0.0634. The number of nitrogens with one attached hydrogen (secondary N) is 2. The Kier molecular flexibility index (Phi) is 6.35. The van der Waals surface area contributed by atoms with Gasteiger partial charge in [-0.25, -0.2) is 0 Å². The number of carbonyl (C=O) groups excluding carboxylic acids is 1. The second kappa shape index (κ2) is 9.12. The number of amides is 1. The summed E-state index contributed by atoms with van der Waals surface area (Å²) in [6, 6.07) is 14.2. The maximum Gasteiger partial charge on any atom is 0.252 e. The van der Waals surface area contributed by atoms with Gasteiger partial charge in [-0.15, -0.1) is 0 Å². The van der Waals surface area contributed by atoms with Gasteiger partial charge in [0.1, 0.15) is 0 Å². The minimum atomic E-state index is -0.0634. The van der Waals surface area contributed by atoms with Crippen LogP contribution in [0.5, 0.6) is 0 Å². The van der Waals surface area contributed by atoms with Gasteiger partial charge in [-0.2, -0.15) is 0 Å². The standard InChI is InChI=1S/C20H25N5O/c1-17(19-8-5-9-21-14-19)22-23-20(26)16-25-12-10-24(11-13-25)15-18-6-3-2-4-7-18/h2-9,14,22H,1,10-13,15-16H2,(H,23,26). The second-order valence-electron chi connectivity index (χ2n) is 6.43. The van der Waals surface area contributed by atoms with E-state index in [2.05, 4.69) is 56.5 Å². The molecule has 2 heterocycles. The van der Waals surface area contributed by atoms with Gasteiger partial charge in [0.05, 0.1) is 12.2 Å². The fourth-order valence-electron chi connectivity index (χ4n) is 2.95. The lowest BCUT2D eigenvalue weighted by atomic mass is 10.2. The lowest BCUT2D eigenvalue weighted by molar-refractivity contribution is -0.123. The summed E-state index contributed by atoms with van der Waals surface area (Å²) < 4.78 is 0. The van der Waals surface area contributed by atoms with Crippen LogP contribution in [0.25, 0.3) is 5.70 Å². The summed E-state index contributed by atoms with van der Waals surface area (Å²) in [6.45, 7) is 8.98. The first-order valence-electron chi connectivity index (χ1n) is 8.83. The van der Waals surface area contributed by atoms with Crippen molar-refractivity contribution in [3.8, 4) is 0 Å². The van der Waals surface area contributed by atoms with E-state index in [0.29, 0.717) is 12.2 Å². The molecule has 0 bridgehead atoms. The van der Waals surface area contributed by atoms with Crippen LogP contribution in [-0.2, 0) is 11.3 Å². The zero-order valence-corrected chi connectivity index (χ0v) is 14.9. The van der Waals surface area contributed by atoms with E-state index < -0.39 is 0 Å². The van der Waals surface area contributed by atoms with Crippen LogP contribution >= 0.6 is 0 Å². The van der Waals surface area contributed by atoms with Crippen LogP contribution < -0.4 is 10.9 Å². The molecule has 1 aliphatic rings. The highest BCUT2D eigenvalue weighted by molar-refractivity contribution is 5.79. The maximum atomic E-state index is 12.1. The Labute approximate surface area is 154 Å². The first-order chi connectivity index (χ1) is 12.7. The van der Waals surface area contributed by atoms with Crippen molar-refractivity contribution in [2.75, 3.05) is 32.7 Å². The first kappa shape index (κ1) is 18.1. The van der Waals surface area contributed by atoms with Crippen molar-refractivity contribution in [3.63, 3.8) is 0 Å². The number of benzene rings is 1. The molecule has 0 atom stereocenters. The lowest BCUT2D eigenvalue weighted by Gasteiger charge is -2.34. The third-order valence-corrected chi connectivity index (χ3v) is 4.44. The third kappa shape index (κ3) is 5.40. The molecule has 3 rings (SSSR count). The van der Waals surface area contributed by atoms with Crippen LogP contribution in [0.2, 0.25) is 0 Å². The van der Waals surface area contributed by atoms with E-state index in [4.69, 9.17) is 0 Å². The zero-order chi connectivity index (χ0) is 18.2. The molecule has 0 saturated carbocycles. The highest BCUT2D eigenvalue weighted by atomic mass is 16.2. The quantitative estimate of drug-likeness (QED) is 0.740.